The highest BCUT2D eigenvalue weighted by Crippen LogP contribution is 2.30. The van der Waals surface area contributed by atoms with Crippen molar-refractivity contribution in [2.45, 2.75) is 26.2 Å². The van der Waals surface area contributed by atoms with Crippen molar-refractivity contribution in [1.29, 1.82) is 0 Å². The monoisotopic (exact) mass is 418 g/mol. The summed E-state index contributed by atoms with van der Waals surface area (Å²) >= 11 is 1.61. The number of hydrogen-bond acceptors (Lipinski definition) is 6. The minimum Gasteiger partial charge on any atom is -0.351 e. The summed E-state index contributed by atoms with van der Waals surface area (Å²) in [7, 11) is 0. The summed E-state index contributed by atoms with van der Waals surface area (Å²) in [6.45, 7) is 6.37. The molecular weight excluding hydrogens is 396 g/mol. The van der Waals surface area contributed by atoms with Crippen LogP contribution in [0.2, 0.25) is 0 Å². The molecule has 2 aromatic heterocycles. The number of benzene rings is 2. The number of carbonyl (C=O) groups is 1. The minimum atomic E-state index is -0.296. The first kappa shape index (κ1) is 20.0. The average Bonchev–Trinajstić information content (AvgIpc) is 3.43. The van der Waals surface area contributed by atoms with Gasteiger partial charge >= 0.3 is 0 Å². The summed E-state index contributed by atoms with van der Waals surface area (Å²) < 4.78 is 5.03. The Kier molecular flexibility index (Phi) is 5.46. The van der Waals surface area contributed by atoms with Gasteiger partial charge in [0, 0.05) is 41.0 Å². The van der Waals surface area contributed by atoms with Crippen LogP contribution in [0.4, 0.5) is 0 Å². The van der Waals surface area contributed by atoms with Gasteiger partial charge in [-0.2, -0.15) is 4.98 Å². The van der Waals surface area contributed by atoms with E-state index in [-0.39, 0.29) is 11.3 Å². The Morgan fingerprint density at radius 1 is 1.07 bits per heavy atom. The maximum absolute atomic E-state index is 12.7. The number of nitrogens with zero attached hydrogens (tertiary/aromatic N) is 3. The van der Waals surface area contributed by atoms with Crippen molar-refractivity contribution in [2.75, 3.05) is 6.54 Å². The minimum absolute atomic E-state index is 0.148. The summed E-state index contributed by atoms with van der Waals surface area (Å²) in [5, 5.41) is 9.99. The zero-order valence-corrected chi connectivity index (χ0v) is 17.9. The molecule has 4 aromatic rings. The van der Waals surface area contributed by atoms with Gasteiger partial charge in [0.1, 0.15) is 5.01 Å². The number of aryl methyl sites for hydroxylation is 1. The summed E-state index contributed by atoms with van der Waals surface area (Å²) in [5.41, 5.74) is 3.04. The van der Waals surface area contributed by atoms with Crippen molar-refractivity contribution in [1.82, 2.24) is 20.4 Å². The van der Waals surface area contributed by atoms with E-state index in [1.54, 1.807) is 30.4 Å². The molecule has 0 aliphatic heterocycles. The number of hydrogen-bond donors (Lipinski definition) is 1. The lowest BCUT2D eigenvalue weighted by Crippen LogP contribution is -2.36. The van der Waals surface area contributed by atoms with Crippen molar-refractivity contribution in [3.8, 4) is 22.6 Å². The lowest BCUT2D eigenvalue weighted by molar-refractivity contribution is 0.0945. The second kappa shape index (κ2) is 8.20. The molecule has 0 spiro atoms. The van der Waals surface area contributed by atoms with E-state index in [2.05, 4.69) is 34.7 Å². The molecule has 2 aromatic carbocycles. The summed E-state index contributed by atoms with van der Waals surface area (Å²) in [6, 6.07) is 17.3. The maximum atomic E-state index is 12.7. The molecule has 0 unspecified atom stereocenters. The number of aromatic nitrogens is 3. The van der Waals surface area contributed by atoms with Crippen LogP contribution >= 0.6 is 11.3 Å². The smallest absolute Gasteiger partial charge is 0.251 e. The first-order chi connectivity index (χ1) is 14.4. The molecule has 30 heavy (non-hydrogen) atoms. The lowest BCUT2D eigenvalue weighted by atomic mass is 9.94. The summed E-state index contributed by atoms with van der Waals surface area (Å²) in [6.07, 6.45) is 0. The van der Waals surface area contributed by atoms with Gasteiger partial charge in [-0.25, -0.2) is 4.98 Å². The van der Waals surface area contributed by atoms with Crippen LogP contribution in [0.1, 0.15) is 35.1 Å². The Balaban J connectivity index is 1.45. The van der Waals surface area contributed by atoms with Crippen molar-refractivity contribution in [3.63, 3.8) is 0 Å². The Hall–Kier alpha value is -3.32. The normalized spacial score (nSPS) is 11.4. The lowest BCUT2D eigenvalue weighted by Gasteiger charge is -2.22. The molecule has 0 aliphatic rings. The predicted octanol–water partition coefficient (Wildman–Crippen LogP) is 4.88. The van der Waals surface area contributed by atoms with Gasteiger partial charge in [-0.3, -0.25) is 4.79 Å². The van der Waals surface area contributed by atoms with Gasteiger partial charge in [-0.1, -0.05) is 61.5 Å². The van der Waals surface area contributed by atoms with Gasteiger partial charge in [-0.15, -0.1) is 11.3 Å². The van der Waals surface area contributed by atoms with E-state index in [1.807, 2.05) is 42.5 Å². The molecule has 0 bridgehead atoms. The molecule has 0 saturated carbocycles. The molecule has 0 radical (unpaired) electrons. The van der Waals surface area contributed by atoms with E-state index < -0.39 is 0 Å². The predicted molar refractivity (Wildman–Crippen MR) is 117 cm³/mol. The van der Waals surface area contributed by atoms with Gasteiger partial charge in [-0.05, 0) is 12.1 Å². The van der Waals surface area contributed by atoms with Crippen LogP contribution in [0.25, 0.3) is 22.6 Å². The molecule has 1 N–H and O–H groups in total. The maximum Gasteiger partial charge on any atom is 0.251 e. The summed E-state index contributed by atoms with van der Waals surface area (Å²) in [4.78, 5) is 21.8. The quantitative estimate of drug-likeness (QED) is 0.483. The van der Waals surface area contributed by atoms with Crippen molar-refractivity contribution in [3.05, 3.63) is 76.4 Å². The fraction of sp³-hybridized carbons (Fsp3) is 0.217. The van der Waals surface area contributed by atoms with E-state index in [0.29, 0.717) is 23.8 Å². The zero-order chi connectivity index (χ0) is 21.1. The molecular formula is C23H22N4O2S. The van der Waals surface area contributed by atoms with E-state index in [0.717, 1.165) is 21.8 Å². The largest absolute Gasteiger partial charge is 0.351 e. The number of thiazole rings is 1. The average molecular weight is 419 g/mol. The van der Waals surface area contributed by atoms with Crippen LogP contribution in [-0.2, 0) is 5.41 Å². The molecule has 0 fully saturated rings. The highest BCUT2D eigenvalue weighted by molar-refractivity contribution is 7.10. The molecule has 0 aliphatic carbocycles. The fourth-order valence-corrected chi connectivity index (χ4v) is 3.98. The Morgan fingerprint density at radius 2 is 1.83 bits per heavy atom. The standard InChI is InChI=1S/C23H22N4O2S/c1-15-25-20(27-29-15)17-10-7-11-18(12-17)21(28)24-14-23(2,3)22-26-19(13-30-22)16-8-5-4-6-9-16/h4-13H,14H2,1-3H3,(H,24,28). The van der Waals surface area contributed by atoms with Crippen LogP contribution in [0.3, 0.4) is 0 Å². The molecule has 1 amide bonds. The van der Waals surface area contributed by atoms with Crippen LogP contribution in [-0.4, -0.2) is 27.6 Å². The number of rotatable bonds is 6. The second-order valence-electron chi connectivity index (χ2n) is 7.69. The Labute approximate surface area is 179 Å². The van der Waals surface area contributed by atoms with Gasteiger partial charge in [0.15, 0.2) is 0 Å². The first-order valence-corrected chi connectivity index (χ1v) is 10.5. The Morgan fingerprint density at radius 3 is 2.57 bits per heavy atom. The third-order valence-electron chi connectivity index (χ3n) is 4.75. The Bertz CT molecular complexity index is 1160. The molecule has 2 heterocycles. The molecule has 0 saturated heterocycles. The van der Waals surface area contributed by atoms with Crippen molar-refractivity contribution < 1.29 is 9.32 Å². The van der Waals surface area contributed by atoms with E-state index >= 15 is 0 Å². The van der Waals surface area contributed by atoms with Crippen LogP contribution in [0, 0.1) is 6.92 Å². The molecule has 7 heteroatoms. The van der Waals surface area contributed by atoms with Crippen LogP contribution < -0.4 is 5.32 Å². The van der Waals surface area contributed by atoms with E-state index in [1.165, 1.54) is 0 Å². The first-order valence-electron chi connectivity index (χ1n) is 9.63. The van der Waals surface area contributed by atoms with Gasteiger partial charge in [0.2, 0.25) is 11.7 Å². The number of amides is 1. The van der Waals surface area contributed by atoms with Gasteiger partial charge in [0.25, 0.3) is 5.91 Å². The van der Waals surface area contributed by atoms with Crippen molar-refractivity contribution in [2.24, 2.45) is 0 Å². The summed E-state index contributed by atoms with van der Waals surface area (Å²) in [5.74, 6) is 0.809. The van der Waals surface area contributed by atoms with Crippen molar-refractivity contribution >= 4 is 17.2 Å². The molecule has 4 rings (SSSR count). The fourth-order valence-electron chi connectivity index (χ4n) is 3.02. The molecule has 0 atom stereocenters. The molecule has 6 nitrogen and oxygen atoms in total. The highest BCUT2D eigenvalue weighted by Gasteiger charge is 2.26. The van der Waals surface area contributed by atoms with Gasteiger partial charge < -0.3 is 9.84 Å². The third-order valence-corrected chi connectivity index (χ3v) is 5.96. The van der Waals surface area contributed by atoms with Crippen LogP contribution in [0.15, 0.2) is 64.5 Å². The SMILES string of the molecule is Cc1nc(-c2cccc(C(=O)NCC(C)(C)c3nc(-c4ccccc4)cs3)c2)no1. The highest BCUT2D eigenvalue weighted by atomic mass is 32.1. The van der Waals surface area contributed by atoms with E-state index in [9.17, 15) is 4.79 Å². The molecule has 152 valence electrons. The number of nitrogens with one attached hydrogen (secondary N) is 1. The third kappa shape index (κ3) is 4.31. The topological polar surface area (TPSA) is 80.9 Å². The van der Waals surface area contributed by atoms with Crippen LogP contribution in [0.5, 0.6) is 0 Å². The zero-order valence-electron chi connectivity index (χ0n) is 17.0. The van der Waals surface area contributed by atoms with Gasteiger partial charge in [0.05, 0.1) is 5.69 Å². The second-order valence-corrected chi connectivity index (χ2v) is 8.55. The number of carbonyl (C=O) groups excluding carboxylic acids is 1. The van der Waals surface area contributed by atoms with E-state index in [4.69, 9.17) is 9.51 Å².